The Hall–Kier alpha value is -2.59. The van der Waals surface area contributed by atoms with E-state index in [1.165, 1.54) is 7.11 Å². The third-order valence-corrected chi connectivity index (χ3v) is 3.63. The van der Waals surface area contributed by atoms with E-state index >= 15 is 0 Å². The first kappa shape index (κ1) is 14.8. The summed E-state index contributed by atoms with van der Waals surface area (Å²) in [4.78, 5) is 12.0. The van der Waals surface area contributed by atoms with E-state index in [1.807, 2.05) is 6.07 Å². The maximum Gasteiger partial charge on any atom is 0.352 e. The van der Waals surface area contributed by atoms with Crippen LogP contribution in [0.3, 0.4) is 0 Å². The second kappa shape index (κ2) is 6.24. The second-order valence-electron chi connectivity index (χ2n) is 4.02. The Bertz CT molecular complexity index is 719. The quantitative estimate of drug-likeness (QED) is 0.871. The lowest BCUT2D eigenvalue weighted by atomic mass is 10.1. The summed E-state index contributed by atoms with van der Waals surface area (Å²) in [6.45, 7) is 1.99. The lowest BCUT2D eigenvalue weighted by Crippen LogP contribution is -2.05. The number of nitriles is 1. The van der Waals surface area contributed by atoms with Crippen LogP contribution >= 0.6 is 11.5 Å². The van der Waals surface area contributed by atoms with Crippen molar-refractivity contribution in [2.75, 3.05) is 19.5 Å². The van der Waals surface area contributed by atoms with Crippen LogP contribution in [0.2, 0.25) is 0 Å². The van der Waals surface area contributed by atoms with Gasteiger partial charge in [0.25, 0.3) is 0 Å². The zero-order valence-corrected chi connectivity index (χ0v) is 12.4. The number of hydrogen-bond acceptors (Lipinski definition) is 7. The molecule has 2 rings (SSSR count). The predicted octanol–water partition coefficient (Wildman–Crippen LogP) is 2.45. The van der Waals surface area contributed by atoms with Crippen molar-refractivity contribution < 1.29 is 14.3 Å². The van der Waals surface area contributed by atoms with Crippen LogP contribution in [0.4, 0.5) is 5.69 Å². The minimum Gasteiger partial charge on any atom is -0.495 e. The van der Waals surface area contributed by atoms with Crippen molar-refractivity contribution in [1.82, 2.24) is 4.37 Å². The summed E-state index contributed by atoms with van der Waals surface area (Å²) >= 11 is 0.979. The van der Waals surface area contributed by atoms with Crippen molar-refractivity contribution in [3.05, 3.63) is 28.6 Å². The summed E-state index contributed by atoms with van der Waals surface area (Å²) in [7, 11) is 1.49. The van der Waals surface area contributed by atoms with Crippen LogP contribution in [0.5, 0.6) is 5.75 Å². The summed E-state index contributed by atoms with van der Waals surface area (Å²) < 4.78 is 14.2. The molecule has 0 aliphatic carbocycles. The molecule has 6 nitrogen and oxygen atoms in total. The van der Waals surface area contributed by atoms with Gasteiger partial charge >= 0.3 is 5.97 Å². The van der Waals surface area contributed by atoms with Gasteiger partial charge in [-0.05, 0) is 36.7 Å². The number of benzene rings is 1. The standard InChI is InChI=1S/C14H13N3O3S/c1-3-20-14(18)13-11(16)12(17-21-13)8-4-5-10(19-2)9(6-8)7-15/h4-6H,3,16H2,1-2H3. The number of aromatic nitrogens is 1. The van der Waals surface area contributed by atoms with Crippen LogP contribution in [0, 0.1) is 11.3 Å². The molecule has 0 saturated heterocycles. The molecule has 0 amide bonds. The Kier molecular flexibility index (Phi) is 4.40. The van der Waals surface area contributed by atoms with Crippen LogP contribution in [0.25, 0.3) is 11.3 Å². The maximum atomic E-state index is 11.7. The molecule has 7 heteroatoms. The van der Waals surface area contributed by atoms with Gasteiger partial charge in [0.2, 0.25) is 0 Å². The molecule has 108 valence electrons. The normalized spacial score (nSPS) is 9.95. The minimum atomic E-state index is -0.493. The van der Waals surface area contributed by atoms with Gasteiger partial charge < -0.3 is 15.2 Å². The number of carbonyl (C=O) groups is 1. The van der Waals surface area contributed by atoms with Crippen molar-refractivity contribution in [2.24, 2.45) is 0 Å². The molecular weight excluding hydrogens is 290 g/mol. The first-order valence-corrected chi connectivity index (χ1v) is 6.90. The molecule has 1 heterocycles. The molecule has 2 N–H and O–H groups in total. The van der Waals surface area contributed by atoms with Gasteiger partial charge in [-0.25, -0.2) is 4.79 Å². The highest BCUT2D eigenvalue weighted by Gasteiger charge is 2.20. The van der Waals surface area contributed by atoms with E-state index in [4.69, 9.17) is 20.5 Å². The number of carbonyl (C=O) groups excluding carboxylic acids is 1. The average Bonchev–Trinajstić information content (AvgIpc) is 2.88. The molecule has 0 fully saturated rings. The zero-order valence-electron chi connectivity index (χ0n) is 11.5. The third kappa shape index (κ3) is 2.80. The van der Waals surface area contributed by atoms with Gasteiger partial charge in [0.15, 0.2) is 4.88 Å². The number of ether oxygens (including phenoxy) is 2. The summed E-state index contributed by atoms with van der Waals surface area (Å²) in [5.74, 6) is -0.0200. The van der Waals surface area contributed by atoms with Crippen molar-refractivity contribution in [1.29, 1.82) is 5.26 Å². The number of rotatable bonds is 4. The van der Waals surface area contributed by atoms with Gasteiger partial charge in [0, 0.05) is 5.56 Å². The molecule has 0 bridgehead atoms. The van der Waals surface area contributed by atoms with Crippen LogP contribution < -0.4 is 10.5 Å². The predicted molar refractivity (Wildman–Crippen MR) is 79.2 cm³/mol. The highest BCUT2D eigenvalue weighted by molar-refractivity contribution is 7.09. The molecule has 0 aliphatic heterocycles. The lowest BCUT2D eigenvalue weighted by molar-refractivity contribution is 0.0533. The summed E-state index contributed by atoms with van der Waals surface area (Å²) in [5.41, 5.74) is 7.70. The van der Waals surface area contributed by atoms with E-state index in [-0.39, 0.29) is 17.2 Å². The van der Waals surface area contributed by atoms with Crippen LogP contribution in [-0.4, -0.2) is 24.1 Å². The van der Waals surface area contributed by atoms with Gasteiger partial charge in [-0.3, -0.25) is 0 Å². The summed E-state index contributed by atoms with van der Waals surface area (Å²) in [6, 6.07) is 7.07. The van der Waals surface area contributed by atoms with Crippen LogP contribution in [-0.2, 0) is 4.74 Å². The van der Waals surface area contributed by atoms with Crippen molar-refractivity contribution in [3.8, 4) is 23.1 Å². The molecule has 0 spiro atoms. The zero-order chi connectivity index (χ0) is 15.4. The Labute approximate surface area is 125 Å². The maximum absolute atomic E-state index is 11.7. The minimum absolute atomic E-state index is 0.257. The molecule has 0 radical (unpaired) electrons. The number of methoxy groups -OCH3 is 1. The molecule has 1 aromatic heterocycles. The molecule has 1 aromatic carbocycles. The second-order valence-corrected chi connectivity index (χ2v) is 4.79. The topological polar surface area (TPSA) is 98.2 Å². The van der Waals surface area contributed by atoms with Gasteiger partial charge in [-0.15, -0.1) is 0 Å². The highest BCUT2D eigenvalue weighted by Crippen LogP contribution is 2.33. The molecule has 2 aromatic rings. The Morgan fingerprint density at radius 2 is 2.29 bits per heavy atom. The fourth-order valence-corrected chi connectivity index (χ4v) is 2.51. The van der Waals surface area contributed by atoms with E-state index in [9.17, 15) is 4.79 Å². The fourth-order valence-electron chi connectivity index (χ4n) is 1.79. The summed E-state index contributed by atoms with van der Waals surface area (Å²) in [5, 5.41) is 9.10. The third-order valence-electron chi connectivity index (χ3n) is 2.78. The Morgan fingerprint density at radius 1 is 1.52 bits per heavy atom. The highest BCUT2D eigenvalue weighted by atomic mass is 32.1. The molecule has 0 unspecified atom stereocenters. The van der Waals surface area contributed by atoms with Crippen molar-refractivity contribution in [2.45, 2.75) is 6.92 Å². The van der Waals surface area contributed by atoms with E-state index in [0.29, 0.717) is 22.6 Å². The van der Waals surface area contributed by atoms with E-state index in [2.05, 4.69) is 4.37 Å². The van der Waals surface area contributed by atoms with Gasteiger partial charge in [-0.1, -0.05) is 0 Å². The summed E-state index contributed by atoms with van der Waals surface area (Å²) in [6.07, 6.45) is 0. The Balaban J connectivity index is 2.44. The van der Waals surface area contributed by atoms with Crippen LogP contribution in [0.1, 0.15) is 22.2 Å². The molecule has 0 saturated carbocycles. The van der Waals surface area contributed by atoms with E-state index in [0.717, 1.165) is 11.5 Å². The molecule has 0 aliphatic rings. The van der Waals surface area contributed by atoms with Gasteiger partial charge in [0.1, 0.15) is 17.5 Å². The first-order valence-electron chi connectivity index (χ1n) is 6.13. The molecular formula is C14H13N3O3S. The number of anilines is 1. The lowest BCUT2D eigenvalue weighted by Gasteiger charge is -2.05. The number of hydrogen-bond donors (Lipinski definition) is 1. The smallest absolute Gasteiger partial charge is 0.352 e. The van der Waals surface area contributed by atoms with Gasteiger partial charge in [0.05, 0.1) is 25.0 Å². The van der Waals surface area contributed by atoms with Crippen molar-refractivity contribution in [3.63, 3.8) is 0 Å². The number of esters is 1. The molecule has 21 heavy (non-hydrogen) atoms. The van der Waals surface area contributed by atoms with Gasteiger partial charge in [-0.2, -0.15) is 9.64 Å². The number of nitrogens with two attached hydrogens (primary N) is 1. The number of nitrogen functional groups attached to an aromatic ring is 1. The van der Waals surface area contributed by atoms with Crippen molar-refractivity contribution >= 4 is 23.2 Å². The van der Waals surface area contributed by atoms with E-state index in [1.54, 1.807) is 25.1 Å². The fraction of sp³-hybridized carbons (Fsp3) is 0.214. The largest absolute Gasteiger partial charge is 0.495 e. The monoisotopic (exact) mass is 303 g/mol. The molecule has 0 atom stereocenters. The number of nitrogens with zero attached hydrogens (tertiary/aromatic N) is 2. The first-order chi connectivity index (χ1) is 10.1. The Morgan fingerprint density at radius 3 is 2.90 bits per heavy atom. The average molecular weight is 303 g/mol. The van der Waals surface area contributed by atoms with E-state index < -0.39 is 5.97 Å². The van der Waals surface area contributed by atoms with Crippen LogP contribution in [0.15, 0.2) is 18.2 Å². The SMILES string of the molecule is CCOC(=O)c1snc(-c2ccc(OC)c(C#N)c2)c1N.